The van der Waals surface area contributed by atoms with Gasteiger partial charge in [-0.15, -0.1) is 0 Å². The number of amides is 1. The number of likely N-dealkylation sites (tertiary alicyclic amines) is 1. The molecule has 27 heavy (non-hydrogen) atoms. The summed E-state index contributed by atoms with van der Waals surface area (Å²) in [6.07, 6.45) is 0.915. The van der Waals surface area contributed by atoms with Gasteiger partial charge in [0.05, 0.1) is 5.60 Å². The van der Waals surface area contributed by atoms with E-state index in [1.54, 1.807) is 33.7 Å². The molecule has 0 radical (unpaired) electrons. The van der Waals surface area contributed by atoms with E-state index in [2.05, 4.69) is 0 Å². The number of aryl methyl sites for hydroxylation is 1. The molecule has 6 heteroatoms. The fourth-order valence-corrected chi connectivity index (χ4v) is 3.94. The molecule has 1 fully saturated rings. The summed E-state index contributed by atoms with van der Waals surface area (Å²) in [5.74, 6) is -0.426. The number of nitrogens with zero attached hydrogens (tertiary/aromatic N) is 2. The Bertz CT molecular complexity index is 1000. The van der Waals surface area contributed by atoms with E-state index in [0.717, 1.165) is 11.1 Å². The third-order valence-corrected chi connectivity index (χ3v) is 5.73. The molecule has 0 spiro atoms. The summed E-state index contributed by atoms with van der Waals surface area (Å²) in [5, 5.41) is 12.3. The van der Waals surface area contributed by atoms with Crippen LogP contribution in [0, 0.1) is 5.82 Å². The predicted octanol–water partition coefficient (Wildman–Crippen LogP) is 4.09. The number of hydrogen-bond donors (Lipinski definition) is 1. The molecule has 2 heterocycles. The predicted molar refractivity (Wildman–Crippen MR) is 103 cm³/mol. The first kappa shape index (κ1) is 18.0. The van der Waals surface area contributed by atoms with E-state index >= 15 is 0 Å². The molecule has 1 aliphatic heterocycles. The van der Waals surface area contributed by atoms with Crippen molar-refractivity contribution in [3.8, 4) is 0 Å². The largest absolute Gasteiger partial charge is 0.385 e. The molecule has 1 aliphatic rings. The summed E-state index contributed by atoms with van der Waals surface area (Å²) in [6, 6.07) is 13.4. The van der Waals surface area contributed by atoms with Crippen molar-refractivity contribution in [1.82, 2.24) is 9.47 Å². The van der Waals surface area contributed by atoms with Crippen LogP contribution in [0.5, 0.6) is 0 Å². The van der Waals surface area contributed by atoms with Crippen LogP contribution in [0.1, 0.15) is 28.9 Å². The van der Waals surface area contributed by atoms with Crippen LogP contribution in [0.4, 0.5) is 4.39 Å². The lowest BCUT2D eigenvalue weighted by Gasteiger charge is -2.38. The first-order valence-electron chi connectivity index (χ1n) is 8.90. The highest BCUT2D eigenvalue weighted by atomic mass is 35.5. The lowest BCUT2D eigenvalue weighted by atomic mass is 9.84. The second-order valence-electron chi connectivity index (χ2n) is 7.12. The lowest BCUT2D eigenvalue weighted by molar-refractivity contribution is -0.0213. The highest BCUT2D eigenvalue weighted by molar-refractivity contribution is 6.30. The Morgan fingerprint density at radius 1 is 1.11 bits per heavy atom. The second kappa shape index (κ2) is 6.66. The van der Waals surface area contributed by atoms with Crippen molar-refractivity contribution < 1.29 is 14.3 Å². The van der Waals surface area contributed by atoms with Crippen molar-refractivity contribution in [3.05, 3.63) is 70.6 Å². The van der Waals surface area contributed by atoms with Gasteiger partial charge in [0.1, 0.15) is 11.5 Å². The molecule has 0 unspecified atom stereocenters. The number of fused-ring (bicyclic) bond motifs is 1. The number of carbonyl (C=O) groups is 1. The summed E-state index contributed by atoms with van der Waals surface area (Å²) in [5.41, 5.74) is 1.20. The molecule has 0 bridgehead atoms. The SMILES string of the molecule is Cn1c(C(=O)N2CCC(O)(c3ccc(Cl)cc3)CC2)cc2cc(F)ccc21. The molecule has 0 saturated carbocycles. The van der Waals surface area contributed by atoms with Gasteiger partial charge >= 0.3 is 0 Å². The minimum Gasteiger partial charge on any atom is -0.385 e. The van der Waals surface area contributed by atoms with Gasteiger partial charge in [-0.05, 0) is 54.8 Å². The molecule has 1 amide bonds. The fraction of sp³-hybridized carbons (Fsp3) is 0.286. The van der Waals surface area contributed by atoms with Gasteiger partial charge < -0.3 is 14.6 Å². The summed E-state index contributed by atoms with van der Waals surface area (Å²) in [4.78, 5) is 14.7. The molecule has 2 aromatic carbocycles. The van der Waals surface area contributed by atoms with Crippen molar-refractivity contribution in [1.29, 1.82) is 0 Å². The van der Waals surface area contributed by atoms with Gasteiger partial charge in [-0.3, -0.25) is 4.79 Å². The van der Waals surface area contributed by atoms with Crippen molar-refractivity contribution in [2.75, 3.05) is 13.1 Å². The molecule has 1 saturated heterocycles. The summed E-state index contributed by atoms with van der Waals surface area (Å²) >= 11 is 5.93. The van der Waals surface area contributed by atoms with E-state index < -0.39 is 5.60 Å². The van der Waals surface area contributed by atoms with Crippen molar-refractivity contribution >= 4 is 28.4 Å². The maximum Gasteiger partial charge on any atom is 0.270 e. The number of piperidine rings is 1. The highest BCUT2D eigenvalue weighted by Crippen LogP contribution is 2.34. The Hall–Kier alpha value is -2.37. The maximum absolute atomic E-state index is 13.5. The van der Waals surface area contributed by atoms with E-state index in [1.807, 2.05) is 19.2 Å². The summed E-state index contributed by atoms with van der Waals surface area (Å²) in [6.45, 7) is 0.904. The van der Waals surface area contributed by atoms with Gasteiger partial charge in [0.15, 0.2) is 0 Å². The van der Waals surface area contributed by atoms with Crippen LogP contribution < -0.4 is 0 Å². The Morgan fingerprint density at radius 2 is 1.78 bits per heavy atom. The fourth-order valence-electron chi connectivity index (χ4n) is 3.82. The van der Waals surface area contributed by atoms with Crippen LogP contribution in [0.15, 0.2) is 48.5 Å². The number of aliphatic hydroxyl groups is 1. The van der Waals surface area contributed by atoms with Crippen LogP contribution in [0.25, 0.3) is 10.9 Å². The van der Waals surface area contributed by atoms with Gasteiger partial charge in [-0.2, -0.15) is 0 Å². The van der Waals surface area contributed by atoms with Crippen LogP contribution in [-0.2, 0) is 12.6 Å². The van der Waals surface area contributed by atoms with E-state index in [0.29, 0.717) is 42.0 Å². The van der Waals surface area contributed by atoms with Gasteiger partial charge in [0, 0.05) is 36.1 Å². The minimum atomic E-state index is -0.955. The van der Waals surface area contributed by atoms with Crippen molar-refractivity contribution in [2.45, 2.75) is 18.4 Å². The van der Waals surface area contributed by atoms with Crippen LogP contribution in [0.3, 0.4) is 0 Å². The number of rotatable bonds is 2. The smallest absolute Gasteiger partial charge is 0.270 e. The molecule has 4 nitrogen and oxygen atoms in total. The average molecular weight is 387 g/mol. The molecular formula is C21H20ClFN2O2. The first-order chi connectivity index (χ1) is 12.9. The molecule has 3 aromatic rings. The first-order valence-corrected chi connectivity index (χ1v) is 9.28. The Labute approximate surface area is 161 Å². The van der Waals surface area contributed by atoms with Crippen LogP contribution >= 0.6 is 11.6 Å². The zero-order chi connectivity index (χ0) is 19.2. The number of benzene rings is 2. The number of carbonyl (C=O) groups excluding carboxylic acids is 1. The molecule has 0 aliphatic carbocycles. The molecule has 140 valence electrons. The average Bonchev–Trinajstić information content (AvgIpc) is 2.98. The molecule has 0 atom stereocenters. The van der Waals surface area contributed by atoms with Crippen LogP contribution in [0.2, 0.25) is 5.02 Å². The number of hydrogen-bond acceptors (Lipinski definition) is 2. The van der Waals surface area contributed by atoms with Gasteiger partial charge in [-0.1, -0.05) is 23.7 Å². The van der Waals surface area contributed by atoms with E-state index in [9.17, 15) is 14.3 Å². The normalized spacial score (nSPS) is 16.7. The topological polar surface area (TPSA) is 45.5 Å². The minimum absolute atomic E-state index is 0.104. The van der Waals surface area contributed by atoms with Gasteiger partial charge in [-0.25, -0.2) is 4.39 Å². The number of aromatic nitrogens is 1. The van der Waals surface area contributed by atoms with Crippen molar-refractivity contribution in [2.24, 2.45) is 7.05 Å². The van der Waals surface area contributed by atoms with Crippen molar-refractivity contribution in [3.63, 3.8) is 0 Å². The monoisotopic (exact) mass is 386 g/mol. The lowest BCUT2D eigenvalue weighted by Crippen LogP contribution is -2.45. The molecular weight excluding hydrogens is 367 g/mol. The van der Waals surface area contributed by atoms with E-state index in [-0.39, 0.29) is 11.7 Å². The highest BCUT2D eigenvalue weighted by Gasteiger charge is 2.36. The third kappa shape index (κ3) is 3.22. The number of halogens is 2. The van der Waals surface area contributed by atoms with Gasteiger partial charge in [0.25, 0.3) is 5.91 Å². The summed E-state index contributed by atoms with van der Waals surface area (Å²) in [7, 11) is 1.81. The van der Waals surface area contributed by atoms with E-state index in [1.165, 1.54) is 12.1 Å². The zero-order valence-corrected chi connectivity index (χ0v) is 15.7. The Balaban J connectivity index is 1.53. The summed E-state index contributed by atoms with van der Waals surface area (Å²) < 4.78 is 15.3. The van der Waals surface area contributed by atoms with Crippen LogP contribution in [-0.4, -0.2) is 33.6 Å². The zero-order valence-electron chi connectivity index (χ0n) is 15.0. The molecule has 4 rings (SSSR count). The quantitative estimate of drug-likeness (QED) is 0.720. The standard InChI is InChI=1S/C21H20ClFN2O2/c1-24-18-7-6-17(23)12-14(18)13-19(24)20(26)25-10-8-21(27,9-11-25)15-2-4-16(22)5-3-15/h2-7,12-13,27H,8-11H2,1H3. The Kier molecular flexibility index (Phi) is 4.44. The van der Waals surface area contributed by atoms with E-state index in [4.69, 9.17) is 11.6 Å². The Morgan fingerprint density at radius 3 is 2.44 bits per heavy atom. The van der Waals surface area contributed by atoms with Gasteiger partial charge in [0.2, 0.25) is 0 Å². The molecule has 1 N–H and O–H groups in total. The maximum atomic E-state index is 13.5. The second-order valence-corrected chi connectivity index (χ2v) is 7.56. The third-order valence-electron chi connectivity index (χ3n) is 5.48. The molecule has 1 aromatic heterocycles.